The highest BCUT2D eigenvalue weighted by Gasteiger charge is 2.25. The Labute approximate surface area is 89.0 Å². The zero-order valence-corrected chi connectivity index (χ0v) is 8.94. The van der Waals surface area contributed by atoms with Crippen molar-refractivity contribution in [1.82, 2.24) is 0 Å². The van der Waals surface area contributed by atoms with Crippen LogP contribution in [0, 0.1) is 0 Å². The second-order valence-corrected chi connectivity index (χ2v) is 5.56. The third kappa shape index (κ3) is 1.96. The Hall–Kier alpha value is -1.13. The van der Waals surface area contributed by atoms with Crippen molar-refractivity contribution in [2.45, 2.75) is 23.8 Å². The van der Waals surface area contributed by atoms with Gasteiger partial charge in [0.25, 0.3) is 0 Å². The van der Waals surface area contributed by atoms with E-state index in [1.54, 1.807) is 30.3 Å². The normalized spacial score (nSPS) is 21.4. The minimum Gasteiger partial charge on any atom is -0.389 e. The van der Waals surface area contributed by atoms with Gasteiger partial charge in [0, 0.05) is 4.91 Å². The molecule has 0 radical (unpaired) electrons. The Balaban J connectivity index is 2.41. The number of sulfone groups is 1. The number of aliphatic hydroxyl groups is 1. The van der Waals surface area contributed by atoms with Crippen LogP contribution in [0.1, 0.15) is 12.8 Å². The first kappa shape index (κ1) is 10.4. The molecule has 0 bridgehead atoms. The molecule has 1 atom stereocenters. The van der Waals surface area contributed by atoms with Crippen LogP contribution in [-0.2, 0) is 9.84 Å². The maximum Gasteiger partial charge on any atom is 0.202 e. The first-order valence-electron chi connectivity index (χ1n) is 4.79. The Kier molecular flexibility index (Phi) is 2.63. The zero-order chi connectivity index (χ0) is 10.9. The van der Waals surface area contributed by atoms with Crippen molar-refractivity contribution in [3.63, 3.8) is 0 Å². The molecule has 1 aliphatic carbocycles. The smallest absolute Gasteiger partial charge is 0.202 e. The van der Waals surface area contributed by atoms with E-state index in [1.165, 1.54) is 6.08 Å². The molecular formula is C11H12O3S. The second kappa shape index (κ2) is 3.79. The van der Waals surface area contributed by atoms with E-state index >= 15 is 0 Å². The van der Waals surface area contributed by atoms with Crippen LogP contribution in [0.15, 0.2) is 46.2 Å². The SMILES string of the molecule is O=S(=O)(C1=C[C@@H](O)CC1)c1ccccc1. The van der Waals surface area contributed by atoms with Gasteiger partial charge in [0.05, 0.1) is 11.0 Å². The summed E-state index contributed by atoms with van der Waals surface area (Å²) in [5.74, 6) is 0. The van der Waals surface area contributed by atoms with Crippen LogP contribution in [0.2, 0.25) is 0 Å². The van der Waals surface area contributed by atoms with Gasteiger partial charge in [-0.05, 0) is 31.1 Å². The summed E-state index contributed by atoms with van der Waals surface area (Å²) < 4.78 is 24.0. The van der Waals surface area contributed by atoms with E-state index in [4.69, 9.17) is 0 Å². The molecule has 1 aliphatic rings. The van der Waals surface area contributed by atoms with Gasteiger partial charge in [0.2, 0.25) is 9.84 Å². The van der Waals surface area contributed by atoms with Crippen molar-refractivity contribution < 1.29 is 13.5 Å². The lowest BCUT2D eigenvalue weighted by Crippen LogP contribution is -2.02. The molecule has 4 heteroatoms. The van der Waals surface area contributed by atoms with Crippen molar-refractivity contribution in [1.29, 1.82) is 0 Å². The molecule has 0 aliphatic heterocycles. The Bertz CT molecular complexity index is 474. The lowest BCUT2D eigenvalue weighted by atomic mass is 10.3. The van der Waals surface area contributed by atoms with Crippen molar-refractivity contribution >= 4 is 9.84 Å². The minimum absolute atomic E-state index is 0.297. The van der Waals surface area contributed by atoms with Crippen LogP contribution in [0.25, 0.3) is 0 Å². The largest absolute Gasteiger partial charge is 0.389 e. The first-order chi connectivity index (χ1) is 7.10. The zero-order valence-electron chi connectivity index (χ0n) is 8.13. The highest BCUT2D eigenvalue weighted by atomic mass is 32.2. The molecule has 0 heterocycles. The summed E-state index contributed by atoms with van der Waals surface area (Å²) in [5.41, 5.74) is 0. The maximum absolute atomic E-state index is 12.0. The Morgan fingerprint density at radius 2 is 1.87 bits per heavy atom. The summed E-state index contributed by atoms with van der Waals surface area (Å²) >= 11 is 0. The average Bonchev–Trinajstić information content (AvgIpc) is 2.67. The summed E-state index contributed by atoms with van der Waals surface area (Å²) in [5, 5.41) is 9.27. The van der Waals surface area contributed by atoms with E-state index in [0.717, 1.165) is 0 Å². The monoisotopic (exact) mass is 224 g/mol. The maximum atomic E-state index is 12.0. The lowest BCUT2D eigenvalue weighted by molar-refractivity contribution is 0.223. The van der Waals surface area contributed by atoms with Crippen LogP contribution < -0.4 is 0 Å². The van der Waals surface area contributed by atoms with Gasteiger partial charge < -0.3 is 5.11 Å². The molecule has 0 saturated carbocycles. The van der Waals surface area contributed by atoms with Gasteiger partial charge >= 0.3 is 0 Å². The van der Waals surface area contributed by atoms with Gasteiger partial charge in [-0.1, -0.05) is 18.2 Å². The van der Waals surface area contributed by atoms with Crippen molar-refractivity contribution in [3.05, 3.63) is 41.3 Å². The van der Waals surface area contributed by atoms with E-state index in [9.17, 15) is 13.5 Å². The first-order valence-corrected chi connectivity index (χ1v) is 6.28. The number of aliphatic hydroxyl groups excluding tert-OH is 1. The Morgan fingerprint density at radius 3 is 2.40 bits per heavy atom. The van der Waals surface area contributed by atoms with Crippen molar-refractivity contribution in [2.75, 3.05) is 0 Å². The highest BCUT2D eigenvalue weighted by molar-refractivity contribution is 7.95. The molecule has 0 aromatic heterocycles. The molecule has 0 unspecified atom stereocenters. The third-order valence-electron chi connectivity index (χ3n) is 2.46. The fourth-order valence-corrected chi connectivity index (χ4v) is 3.19. The molecule has 1 N–H and O–H groups in total. The molecule has 3 nitrogen and oxygen atoms in total. The van der Waals surface area contributed by atoms with E-state index in [-0.39, 0.29) is 0 Å². The number of rotatable bonds is 2. The summed E-state index contributed by atoms with van der Waals surface area (Å²) in [6.45, 7) is 0. The summed E-state index contributed by atoms with van der Waals surface area (Å²) in [6.07, 6.45) is 1.75. The average molecular weight is 224 g/mol. The van der Waals surface area contributed by atoms with Gasteiger partial charge in [-0.15, -0.1) is 0 Å². The molecular weight excluding hydrogens is 212 g/mol. The second-order valence-electron chi connectivity index (χ2n) is 3.56. The number of allylic oxidation sites excluding steroid dienone is 1. The molecule has 80 valence electrons. The molecule has 1 aromatic carbocycles. The summed E-state index contributed by atoms with van der Waals surface area (Å²) in [6, 6.07) is 8.30. The van der Waals surface area contributed by atoms with Gasteiger partial charge in [0.1, 0.15) is 0 Å². The molecule has 0 amide bonds. The summed E-state index contributed by atoms with van der Waals surface area (Å²) in [4.78, 5) is 0.631. The van der Waals surface area contributed by atoms with Crippen LogP contribution in [0.5, 0.6) is 0 Å². The predicted molar refractivity (Wildman–Crippen MR) is 57.0 cm³/mol. The van der Waals surface area contributed by atoms with Crippen molar-refractivity contribution in [3.8, 4) is 0 Å². The van der Waals surface area contributed by atoms with Crippen LogP contribution in [-0.4, -0.2) is 19.6 Å². The lowest BCUT2D eigenvalue weighted by Gasteiger charge is -2.03. The third-order valence-corrected chi connectivity index (χ3v) is 4.39. The number of hydrogen-bond donors (Lipinski definition) is 1. The van der Waals surface area contributed by atoms with E-state index in [1.807, 2.05) is 0 Å². The molecule has 15 heavy (non-hydrogen) atoms. The van der Waals surface area contributed by atoms with Gasteiger partial charge in [-0.3, -0.25) is 0 Å². The van der Waals surface area contributed by atoms with E-state index in [0.29, 0.717) is 22.6 Å². The number of hydrogen-bond acceptors (Lipinski definition) is 3. The fourth-order valence-electron chi connectivity index (χ4n) is 1.65. The molecule has 0 spiro atoms. The van der Waals surface area contributed by atoms with Gasteiger partial charge in [-0.25, -0.2) is 8.42 Å². The molecule has 2 rings (SSSR count). The highest BCUT2D eigenvalue weighted by Crippen LogP contribution is 2.28. The Morgan fingerprint density at radius 1 is 1.20 bits per heavy atom. The molecule has 0 fully saturated rings. The van der Waals surface area contributed by atoms with Crippen LogP contribution >= 0.6 is 0 Å². The molecule has 0 saturated heterocycles. The van der Waals surface area contributed by atoms with E-state index in [2.05, 4.69) is 0 Å². The van der Waals surface area contributed by atoms with Crippen LogP contribution in [0.3, 0.4) is 0 Å². The van der Waals surface area contributed by atoms with Crippen molar-refractivity contribution in [2.24, 2.45) is 0 Å². The van der Waals surface area contributed by atoms with Crippen LogP contribution in [0.4, 0.5) is 0 Å². The van der Waals surface area contributed by atoms with Gasteiger partial charge in [0.15, 0.2) is 0 Å². The quantitative estimate of drug-likeness (QED) is 0.828. The standard InChI is InChI=1S/C11H12O3S/c12-9-6-7-11(8-9)15(13,14)10-4-2-1-3-5-10/h1-5,8-9,12H,6-7H2/t9-/m0/s1. The fraction of sp³-hybridized carbons (Fsp3) is 0.273. The number of benzene rings is 1. The van der Waals surface area contributed by atoms with E-state index < -0.39 is 15.9 Å². The predicted octanol–water partition coefficient (Wildman–Crippen LogP) is 1.50. The summed E-state index contributed by atoms with van der Waals surface area (Å²) in [7, 11) is -3.37. The minimum atomic E-state index is -3.37. The van der Waals surface area contributed by atoms with Gasteiger partial charge in [-0.2, -0.15) is 0 Å². The topological polar surface area (TPSA) is 54.4 Å². The molecule has 1 aromatic rings.